The highest BCUT2D eigenvalue weighted by atomic mass is 32.1. The van der Waals surface area contributed by atoms with Crippen LogP contribution in [0.4, 0.5) is 14.5 Å². The van der Waals surface area contributed by atoms with Crippen molar-refractivity contribution < 1.29 is 13.6 Å². The fourth-order valence-electron chi connectivity index (χ4n) is 4.19. The Balaban J connectivity index is 0.000000181. The van der Waals surface area contributed by atoms with Gasteiger partial charge in [-0.15, -0.1) is 11.3 Å². The SMILES string of the molecule is CNc1cnccc1C1CC(C)C[C@H](N)C1.Cc1ccc(F)c(-c2nc(C=O)cs2)c1F. The van der Waals surface area contributed by atoms with E-state index in [9.17, 15) is 13.6 Å². The molecule has 3 N–H and O–H groups in total. The van der Waals surface area contributed by atoms with E-state index in [1.165, 1.54) is 29.5 Å². The molecule has 1 aliphatic rings. The first kappa shape index (κ1) is 23.9. The highest BCUT2D eigenvalue weighted by Gasteiger charge is 2.26. The lowest BCUT2D eigenvalue weighted by atomic mass is 9.76. The molecule has 0 aliphatic heterocycles. The van der Waals surface area contributed by atoms with E-state index in [0.717, 1.165) is 35.8 Å². The fraction of sp³-hybridized carbons (Fsp3) is 0.375. The molecule has 8 heteroatoms. The van der Waals surface area contributed by atoms with E-state index in [2.05, 4.69) is 28.3 Å². The fourth-order valence-corrected chi connectivity index (χ4v) is 4.99. The predicted octanol–water partition coefficient (Wildman–Crippen LogP) is 5.56. The third-order valence-corrected chi connectivity index (χ3v) is 6.56. The second-order valence-electron chi connectivity index (χ2n) is 8.23. The Morgan fingerprint density at radius 2 is 2.00 bits per heavy atom. The van der Waals surface area contributed by atoms with Gasteiger partial charge >= 0.3 is 0 Å². The Bertz CT molecular complexity index is 1060. The van der Waals surface area contributed by atoms with Crippen molar-refractivity contribution >= 4 is 23.3 Å². The van der Waals surface area contributed by atoms with Gasteiger partial charge in [0.25, 0.3) is 0 Å². The number of aryl methyl sites for hydroxylation is 1. The van der Waals surface area contributed by atoms with Crippen molar-refractivity contribution in [2.75, 3.05) is 12.4 Å². The maximum absolute atomic E-state index is 13.7. The summed E-state index contributed by atoms with van der Waals surface area (Å²) in [5.41, 5.74) is 8.99. The molecule has 2 aromatic heterocycles. The van der Waals surface area contributed by atoms with E-state index in [4.69, 9.17) is 5.73 Å². The van der Waals surface area contributed by atoms with Crippen LogP contribution < -0.4 is 11.1 Å². The molecule has 2 unspecified atom stereocenters. The van der Waals surface area contributed by atoms with Crippen LogP contribution in [0.5, 0.6) is 0 Å². The molecular weight excluding hydrogens is 430 g/mol. The molecule has 1 fully saturated rings. The van der Waals surface area contributed by atoms with Gasteiger partial charge in [0.2, 0.25) is 0 Å². The number of hydrogen-bond acceptors (Lipinski definition) is 6. The van der Waals surface area contributed by atoms with Gasteiger partial charge in [0.1, 0.15) is 22.3 Å². The molecule has 1 saturated carbocycles. The number of carbonyl (C=O) groups excluding carboxylic acids is 1. The number of benzene rings is 1. The zero-order valence-corrected chi connectivity index (χ0v) is 19.3. The van der Waals surface area contributed by atoms with E-state index in [0.29, 0.717) is 23.8 Å². The molecule has 2 heterocycles. The maximum atomic E-state index is 13.7. The summed E-state index contributed by atoms with van der Waals surface area (Å²) in [5, 5.41) is 4.86. The predicted molar refractivity (Wildman–Crippen MR) is 125 cm³/mol. The Labute approximate surface area is 191 Å². The van der Waals surface area contributed by atoms with Crippen molar-refractivity contribution in [2.45, 2.75) is 45.1 Å². The second-order valence-corrected chi connectivity index (χ2v) is 9.09. The van der Waals surface area contributed by atoms with Gasteiger partial charge in [0, 0.05) is 24.7 Å². The summed E-state index contributed by atoms with van der Waals surface area (Å²) < 4.78 is 27.2. The Kier molecular flexibility index (Phi) is 8.04. The summed E-state index contributed by atoms with van der Waals surface area (Å²) in [6, 6.07) is 5.03. The number of aromatic nitrogens is 2. The van der Waals surface area contributed by atoms with Crippen LogP contribution in [0.2, 0.25) is 0 Å². The number of carbonyl (C=O) groups is 1. The minimum absolute atomic E-state index is 0.168. The third kappa shape index (κ3) is 5.55. The van der Waals surface area contributed by atoms with E-state index in [1.807, 2.05) is 19.4 Å². The third-order valence-electron chi connectivity index (χ3n) is 5.68. The quantitative estimate of drug-likeness (QED) is 0.500. The molecule has 32 heavy (non-hydrogen) atoms. The zero-order chi connectivity index (χ0) is 23.3. The number of hydrogen-bond donors (Lipinski definition) is 2. The van der Waals surface area contributed by atoms with Crippen LogP contribution in [0, 0.1) is 24.5 Å². The normalized spacial score (nSPS) is 20.2. The maximum Gasteiger partial charge on any atom is 0.169 e. The van der Waals surface area contributed by atoms with E-state index < -0.39 is 11.6 Å². The van der Waals surface area contributed by atoms with Gasteiger partial charge in [-0.3, -0.25) is 9.78 Å². The topological polar surface area (TPSA) is 80.9 Å². The van der Waals surface area contributed by atoms with E-state index in [-0.39, 0.29) is 16.3 Å². The summed E-state index contributed by atoms with van der Waals surface area (Å²) in [6.45, 7) is 3.85. The van der Waals surface area contributed by atoms with Crippen molar-refractivity contribution in [3.05, 3.63) is 64.4 Å². The minimum Gasteiger partial charge on any atom is -0.387 e. The Morgan fingerprint density at radius 1 is 1.22 bits per heavy atom. The molecule has 0 saturated heterocycles. The molecule has 3 aromatic rings. The molecule has 0 bridgehead atoms. The lowest BCUT2D eigenvalue weighted by Crippen LogP contribution is -2.31. The number of anilines is 1. The number of nitrogens with one attached hydrogen (secondary N) is 1. The van der Waals surface area contributed by atoms with Crippen LogP contribution in [0.25, 0.3) is 10.6 Å². The standard InChI is InChI=1S/C13H21N3.C11H7F2NOS/c1-9-5-10(7-11(14)6-9)12-3-4-16-8-13(12)15-2;1-6-2-3-8(12)9(10(6)13)11-14-7(4-15)5-16-11/h3-4,8-11,15H,5-7,14H2,1-2H3;2-5H,1H3/t9?,10?,11-;/m0./s1. The molecule has 3 atom stereocenters. The number of rotatable bonds is 4. The van der Waals surface area contributed by atoms with Crippen LogP contribution in [0.15, 0.2) is 36.0 Å². The van der Waals surface area contributed by atoms with Crippen molar-refractivity contribution in [1.29, 1.82) is 0 Å². The summed E-state index contributed by atoms with van der Waals surface area (Å²) in [6.07, 6.45) is 7.83. The molecule has 0 spiro atoms. The van der Waals surface area contributed by atoms with Gasteiger partial charge in [-0.05, 0) is 61.3 Å². The van der Waals surface area contributed by atoms with E-state index in [1.54, 1.807) is 6.92 Å². The highest BCUT2D eigenvalue weighted by Crippen LogP contribution is 2.38. The molecular formula is C24H28F2N4OS. The summed E-state index contributed by atoms with van der Waals surface area (Å²) >= 11 is 1.04. The van der Waals surface area contributed by atoms with Gasteiger partial charge < -0.3 is 11.1 Å². The van der Waals surface area contributed by atoms with Crippen LogP contribution in [0.1, 0.15) is 53.7 Å². The van der Waals surface area contributed by atoms with Crippen molar-refractivity contribution in [3.63, 3.8) is 0 Å². The number of nitrogens with two attached hydrogens (primary N) is 1. The first-order valence-electron chi connectivity index (χ1n) is 10.6. The van der Waals surface area contributed by atoms with Gasteiger partial charge in [-0.2, -0.15) is 0 Å². The summed E-state index contributed by atoms with van der Waals surface area (Å²) in [4.78, 5) is 18.4. The Morgan fingerprint density at radius 3 is 2.66 bits per heavy atom. The zero-order valence-electron chi connectivity index (χ0n) is 18.4. The Hall–Kier alpha value is -2.71. The van der Waals surface area contributed by atoms with Crippen LogP contribution in [0.3, 0.4) is 0 Å². The molecule has 4 rings (SSSR count). The summed E-state index contributed by atoms with van der Waals surface area (Å²) in [5.74, 6) is 0.0116. The van der Waals surface area contributed by atoms with Crippen molar-refractivity contribution in [2.24, 2.45) is 11.7 Å². The average molecular weight is 459 g/mol. The van der Waals surface area contributed by atoms with Gasteiger partial charge in [-0.25, -0.2) is 13.8 Å². The first-order chi connectivity index (χ1) is 15.3. The largest absolute Gasteiger partial charge is 0.387 e. The second kappa shape index (κ2) is 10.7. The van der Waals surface area contributed by atoms with Crippen LogP contribution >= 0.6 is 11.3 Å². The number of nitrogens with zero attached hydrogens (tertiary/aromatic N) is 2. The van der Waals surface area contributed by atoms with Crippen molar-refractivity contribution in [1.82, 2.24) is 9.97 Å². The summed E-state index contributed by atoms with van der Waals surface area (Å²) in [7, 11) is 1.95. The molecule has 0 amide bonds. The van der Waals surface area contributed by atoms with Gasteiger partial charge in [0.15, 0.2) is 6.29 Å². The molecule has 1 aromatic carbocycles. The van der Waals surface area contributed by atoms with Crippen LogP contribution in [-0.4, -0.2) is 29.3 Å². The number of halogens is 2. The van der Waals surface area contributed by atoms with Gasteiger partial charge in [0.05, 0.1) is 17.4 Å². The number of aldehydes is 1. The number of thiazole rings is 1. The minimum atomic E-state index is -0.671. The van der Waals surface area contributed by atoms with Crippen molar-refractivity contribution in [3.8, 4) is 10.6 Å². The molecule has 1 aliphatic carbocycles. The first-order valence-corrected chi connectivity index (χ1v) is 11.4. The monoisotopic (exact) mass is 458 g/mol. The lowest BCUT2D eigenvalue weighted by molar-refractivity contribution is 0.111. The average Bonchev–Trinajstić information content (AvgIpc) is 3.25. The smallest absolute Gasteiger partial charge is 0.169 e. The molecule has 0 radical (unpaired) electrons. The van der Waals surface area contributed by atoms with Gasteiger partial charge in [-0.1, -0.05) is 13.0 Å². The van der Waals surface area contributed by atoms with E-state index >= 15 is 0 Å². The lowest BCUT2D eigenvalue weighted by Gasteiger charge is -2.32. The molecule has 5 nitrogen and oxygen atoms in total. The highest BCUT2D eigenvalue weighted by molar-refractivity contribution is 7.13. The number of pyridine rings is 1. The molecule has 170 valence electrons. The van der Waals surface area contributed by atoms with Crippen LogP contribution in [-0.2, 0) is 0 Å².